The molecule has 1 atom stereocenters. The number of ether oxygens (including phenoxy) is 2. The standard InChI is InChI=1S/C18H24N2O3/c1-4-23-14-7-5-6-13-17(14)12(9-19-13)8-16(21)20-15-10-22-11-18(15,2)3/h5-7,9,15,19H,4,8,10-11H2,1-3H3,(H,20,21)/t15-/m0/s1. The van der Waals surface area contributed by atoms with Gasteiger partial charge in [0.2, 0.25) is 5.91 Å². The Morgan fingerprint density at radius 3 is 3.00 bits per heavy atom. The van der Waals surface area contributed by atoms with Gasteiger partial charge in [0.1, 0.15) is 5.75 Å². The van der Waals surface area contributed by atoms with Crippen LogP contribution in [0.25, 0.3) is 10.9 Å². The Labute approximate surface area is 136 Å². The number of nitrogens with one attached hydrogen (secondary N) is 2. The van der Waals surface area contributed by atoms with E-state index >= 15 is 0 Å². The molecule has 1 aliphatic heterocycles. The molecule has 2 heterocycles. The van der Waals surface area contributed by atoms with Crippen LogP contribution in [0.4, 0.5) is 0 Å². The van der Waals surface area contributed by atoms with Gasteiger partial charge in [-0.15, -0.1) is 0 Å². The van der Waals surface area contributed by atoms with Crippen molar-refractivity contribution in [3.05, 3.63) is 30.0 Å². The zero-order chi connectivity index (χ0) is 16.4. The predicted octanol–water partition coefficient (Wildman–Crippen LogP) is 2.65. The van der Waals surface area contributed by atoms with Crippen LogP contribution in [0.15, 0.2) is 24.4 Å². The summed E-state index contributed by atoms with van der Waals surface area (Å²) in [5.41, 5.74) is 1.92. The number of hydrogen-bond donors (Lipinski definition) is 2. The van der Waals surface area contributed by atoms with E-state index in [9.17, 15) is 4.79 Å². The summed E-state index contributed by atoms with van der Waals surface area (Å²) < 4.78 is 11.2. The lowest BCUT2D eigenvalue weighted by molar-refractivity contribution is -0.121. The number of aromatic nitrogens is 1. The Morgan fingerprint density at radius 2 is 2.30 bits per heavy atom. The molecule has 0 aliphatic carbocycles. The van der Waals surface area contributed by atoms with Crippen molar-refractivity contribution in [3.63, 3.8) is 0 Å². The maximum atomic E-state index is 12.4. The topological polar surface area (TPSA) is 63.4 Å². The van der Waals surface area contributed by atoms with Gasteiger partial charge in [0.25, 0.3) is 0 Å². The highest BCUT2D eigenvalue weighted by molar-refractivity contribution is 5.93. The van der Waals surface area contributed by atoms with Crippen LogP contribution < -0.4 is 10.1 Å². The minimum Gasteiger partial charge on any atom is -0.493 e. The van der Waals surface area contributed by atoms with Crippen LogP contribution in [0, 0.1) is 5.41 Å². The van der Waals surface area contributed by atoms with Gasteiger partial charge in [0.05, 0.1) is 32.3 Å². The van der Waals surface area contributed by atoms with Crippen LogP contribution in [-0.4, -0.2) is 36.8 Å². The van der Waals surface area contributed by atoms with Crippen molar-refractivity contribution in [1.29, 1.82) is 0 Å². The second kappa shape index (κ2) is 6.24. The smallest absolute Gasteiger partial charge is 0.224 e. The first-order valence-corrected chi connectivity index (χ1v) is 8.10. The molecule has 0 spiro atoms. The molecule has 5 heteroatoms. The van der Waals surface area contributed by atoms with E-state index in [-0.39, 0.29) is 17.4 Å². The summed E-state index contributed by atoms with van der Waals surface area (Å²) >= 11 is 0. The first kappa shape index (κ1) is 15.9. The number of hydrogen-bond acceptors (Lipinski definition) is 3. The molecular weight excluding hydrogens is 292 g/mol. The Bertz CT molecular complexity index is 705. The van der Waals surface area contributed by atoms with E-state index in [1.54, 1.807) is 0 Å². The summed E-state index contributed by atoms with van der Waals surface area (Å²) in [6, 6.07) is 5.94. The molecule has 1 aromatic heterocycles. The highest BCUT2D eigenvalue weighted by Crippen LogP contribution is 2.30. The van der Waals surface area contributed by atoms with Gasteiger partial charge in [-0.3, -0.25) is 4.79 Å². The highest BCUT2D eigenvalue weighted by Gasteiger charge is 2.36. The molecule has 1 fully saturated rings. The van der Waals surface area contributed by atoms with Crippen LogP contribution in [-0.2, 0) is 16.0 Å². The van der Waals surface area contributed by atoms with Gasteiger partial charge in [-0.2, -0.15) is 0 Å². The van der Waals surface area contributed by atoms with Crippen molar-refractivity contribution >= 4 is 16.8 Å². The first-order valence-electron chi connectivity index (χ1n) is 8.10. The Morgan fingerprint density at radius 1 is 1.48 bits per heavy atom. The monoisotopic (exact) mass is 316 g/mol. The van der Waals surface area contributed by atoms with Crippen molar-refractivity contribution in [2.45, 2.75) is 33.2 Å². The number of carbonyl (C=O) groups excluding carboxylic acids is 1. The second-order valence-corrected chi connectivity index (χ2v) is 6.73. The fourth-order valence-electron chi connectivity index (χ4n) is 3.06. The van der Waals surface area contributed by atoms with Crippen molar-refractivity contribution in [1.82, 2.24) is 10.3 Å². The van der Waals surface area contributed by atoms with E-state index in [1.165, 1.54) is 0 Å². The van der Waals surface area contributed by atoms with Crippen LogP contribution >= 0.6 is 0 Å². The Kier molecular flexibility index (Phi) is 4.31. The average Bonchev–Trinajstić information content (AvgIpc) is 3.04. The van der Waals surface area contributed by atoms with Gasteiger partial charge in [-0.1, -0.05) is 19.9 Å². The number of fused-ring (bicyclic) bond motifs is 1. The van der Waals surface area contributed by atoms with E-state index < -0.39 is 0 Å². The summed E-state index contributed by atoms with van der Waals surface area (Å²) in [5, 5.41) is 4.10. The largest absolute Gasteiger partial charge is 0.493 e. The number of carbonyl (C=O) groups is 1. The molecule has 2 aromatic rings. The van der Waals surface area contributed by atoms with Crippen molar-refractivity contribution in [2.75, 3.05) is 19.8 Å². The third kappa shape index (κ3) is 3.20. The second-order valence-electron chi connectivity index (χ2n) is 6.73. The number of rotatable bonds is 5. The molecule has 1 aromatic carbocycles. The predicted molar refractivity (Wildman–Crippen MR) is 89.7 cm³/mol. The molecule has 1 aliphatic rings. The fourth-order valence-corrected chi connectivity index (χ4v) is 3.06. The molecule has 0 bridgehead atoms. The average molecular weight is 316 g/mol. The van der Waals surface area contributed by atoms with Gasteiger partial charge in [0.15, 0.2) is 0 Å². The molecule has 5 nitrogen and oxygen atoms in total. The van der Waals surface area contributed by atoms with Crippen molar-refractivity contribution < 1.29 is 14.3 Å². The summed E-state index contributed by atoms with van der Waals surface area (Å²) in [7, 11) is 0. The first-order chi connectivity index (χ1) is 11.0. The molecular formula is C18H24N2O3. The Hall–Kier alpha value is -2.01. The lowest BCUT2D eigenvalue weighted by Gasteiger charge is -2.25. The van der Waals surface area contributed by atoms with E-state index in [0.29, 0.717) is 26.2 Å². The molecule has 1 saturated heterocycles. The highest BCUT2D eigenvalue weighted by atomic mass is 16.5. The summed E-state index contributed by atoms with van der Waals surface area (Å²) in [4.78, 5) is 15.7. The zero-order valence-corrected chi connectivity index (χ0v) is 13.9. The van der Waals surface area contributed by atoms with Crippen LogP contribution in [0.5, 0.6) is 5.75 Å². The van der Waals surface area contributed by atoms with E-state index in [4.69, 9.17) is 9.47 Å². The third-order valence-corrected chi connectivity index (χ3v) is 4.44. The van der Waals surface area contributed by atoms with Gasteiger partial charge in [0, 0.05) is 22.5 Å². The summed E-state index contributed by atoms with van der Waals surface area (Å²) in [5.74, 6) is 0.833. The zero-order valence-electron chi connectivity index (χ0n) is 13.9. The Balaban J connectivity index is 1.77. The molecule has 23 heavy (non-hydrogen) atoms. The fraction of sp³-hybridized carbons (Fsp3) is 0.500. The van der Waals surface area contributed by atoms with Gasteiger partial charge >= 0.3 is 0 Å². The van der Waals surface area contributed by atoms with Gasteiger partial charge in [-0.25, -0.2) is 0 Å². The SMILES string of the molecule is CCOc1cccc2[nH]cc(CC(=O)N[C@H]3COCC3(C)C)c12. The quantitative estimate of drug-likeness (QED) is 0.891. The van der Waals surface area contributed by atoms with Crippen LogP contribution in [0.1, 0.15) is 26.3 Å². The van der Waals surface area contributed by atoms with Crippen molar-refractivity contribution in [2.24, 2.45) is 5.41 Å². The molecule has 0 unspecified atom stereocenters. The number of amides is 1. The van der Waals surface area contributed by atoms with Crippen molar-refractivity contribution in [3.8, 4) is 5.75 Å². The van der Waals surface area contributed by atoms with Gasteiger partial charge in [-0.05, 0) is 24.6 Å². The molecule has 2 N–H and O–H groups in total. The van der Waals surface area contributed by atoms with Crippen LogP contribution in [0.3, 0.4) is 0 Å². The maximum absolute atomic E-state index is 12.4. The summed E-state index contributed by atoms with van der Waals surface area (Å²) in [6.07, 6.45) is 2.22. The third-order valence-electron chi connectivity index (χ3n) is 4.44. The van der Waals surface area contributed by atoms with E-state index in [0.717, 1.165) is 22.2 Å². The lowest BCUT2D eigenvalue weighted by Crippen LogP contribution is -2.44. The van der Waals surface area contributed by atoms with Crippen LogP contribution in [0.2, 0.25) is 0 Å². The number of aromatic amines is 1. The molecule has 1 amide bonds. The molecule has 124 valence electrons. The van der Waals surface area contributed by atoms with E-state index in [1.807, 2.05) is 31.3 Å². The molecule has 3 rings (SSSR count). The minimum absolute atomic E-state index is 0.0146. The van der Waals surface area contributed by atoms with Gasteiger partial charge < -0.3 is 19.8 Å². The molecule has 0 saturated carbocycles. The molecule has 0 radical (unpaired) electrons. The summed E-state index contributed by atoms with van der Waals surface area (Å²) in [6.45, 7) is 8.05. The van der Waals surface area contributed by atoms with E-state index in [2.05, 4.69) is 24.1 Å². The maximum Gasteiger partial charge on any atom is 0.224 e. The lowest BCUT2D eigenvalue weighted by atomic mass is 9.88. The number of benzene rings is 1. The minimum atomic E-state index is -0.0215. The number of H-pyrrole nitrogens is 1. The normalized spacial score (nSPS) is 19.9.